The van der Waals surface area contributed by atoms with Gasteiger partial charge in [-0.15, -0.1) is 0 Å². The van der Waals surface area contributed by atoms with Crippen LogP contribution in [0.4, 0.5) is 16.3 Å². The van der Waals surface area contributed by atoms with Gasteiger partial charge in [-0.05, 0) is 55.5 Å². The Balaban J connectivity index is 1.45. The molecule has 0 aliphatic carbocycles. The van der Waals surface area contributed by atoms with Crippen molar-refractivity contribution in [2.45, 2.75) is 19.8 Å². The molecule has 6 heteroatoms. The number of pyridine rings is 1. The molecule has 1 aliphatic rings. The summed E-state index contributed by atoms with van der Waals surface area (Å²) in [6, 6.07) is 13.4. The van der Waals surface area contributed by atoms with Crippen molar-refractivity contribution < 1.29 is 4.79 Å². The monoisotopic (exact) mass is 349 g/mol. The minimum absolute atomic E-state index is 0.172. The molecule has 1 saturated heterocycles. The van der Waals surface area contributed by atoms with E-state index >= 15 is 0 Å². The van der Waals surface area contributed by atoms with Crippen LogP contribution in [0.5, 0.6) is 0 Å². The molecule has 0 spiro atoms. The number of nitrogens with zero attached hydrogens (tertiary/aromatic N) is 3. The van der Waals surface area contributed by atoms with Crippen molar-refractivity contribution in [2.75, 3.05) is 29.9 Å². The minimum atomic E-state index is -0.172. The van der Waals surface area contributed by atoms with Crippen molar-refractivity contribution in [3.8, 4) is 6.07 Å². The standard InChI is InChI=1S/C20H23N5O/c1-15-4-2-6-18(12-15)24-20(26)23-14-16-7-10-25(11-8-16)19-17(13-21)5-3-9-22-19/h2-6,9,12,16H,7-8,10-11,14H2,1H3,(H2,23,24,26). The Labute approximate surface area is 153 Å². The zero-order chi connectivity index (χ0) is 18.4. The van der Waals surface area contributed by atoms with E-state index in [0.717, 1.165) is 43.0 Å². The number of aromatic nitrogens is 1. The summed E-state index contributed by atoms with van der Waals surface area (Å²) < 4.78 is 0. The number of amides is 2. The number of hydrogen-bond acceptors (Lipinski definition) is 4. The fraction of sp³-hybridized carbons (Fsp3) is 0.350. The first-order valence-corrected chi connectivity index (χ1v) is 8.87. The number of urea groups is 1. The average molecular weight is 349 g/mol. The quantitative estimate of drug-likeness (QED) is 0.887. The van der Waals surface area contributed by atoms with Crippen LogP contribution in [-0.4, -0.2) is 30.6 Å². The van der Waals surface area contributed by atoms with E-state index in [2.05, 4.69) is 26.6 Å². The number of hydrogen-bond donors (Lipinski definition) is 2. The van der Waals surface area contributed by atoms with Gasteiger partial charge in [0, 0.05) is 31.5 Å². The van der Waals surface area contributed by atoms with Crippen LogP contribution in [0.25, 0.3) is 0 Å². The summed E-state index contributed by atoms with van der Waals surface area (Å²) >= 11 is 0. The van der Waals surface area contributed by atoms with Crippen LogP contribution < -0.4 is 15.5 Å². The summed E-state index contributed by atoms with van der Waals surface area (Å²) in [5.74, 6) is 1.20. The highest BCUT2D eigenvalue weighted by atomic mass is 16.2. The Morgan fingerprint density at radius 2 is 2.12 bits per heavy atom. The van der Waals surface area contributed by atoms with E-state index in [4.69, 9.17) is 0 Å². The number of carbonyl (C=O) groups is 1. The first kappa shape index (κ1) is 17.7. The normalized spacial score (nSPS) is 14.5. The molecule has 2 heterocycles. The summed E-state index contributed by atoms with van der Waals surface area (Å²) in [5, 5.41) is 15.0. The largest absolute Gasteiger partial charge is 0.356 e. The van der Waals surface area contributed by atoms with Crippen LogP contribution in [0, 0.1) is 24.2 Å². The fourth-order valence-corrected chi connectivity index (χ4v) is 3.22. The molecule has 1 aromatic carbocycles. The number of rotatable bonds is 4. The van der Waals surface area contributed by atoms with Gasteiger partial charge in [0.05, 0.1) is 5.56 Å². The fourth-order valence-electron chi connectivity index (χ4n) is 3.22. The number of benzene rings is 1. The molecule has 2 N–H and O–H groups in total. The summed E-state index contributed by atoms with van der Waals surface area (Å²) in [7, 11) is 0. The van der Waals surface area contributed by atoms with Crippen molar-refractivity contribution >= 4 is 17.5 Å². The van der Waals surface area contributed by atoms with E-state index in [0.29, 0.717) is 18.0 Å². The van der Waals surface area contributed by atoms with Crippen molar-refractivity contribution in [3.05, 3.63) is 53.7 Å². The first-order valence-electron chi connectivity index (χ1n) is 8.87. The number of anilines is 2. The van der Waals surface area contributed by atoms with Crippen molar-refractivity contribution in [2.24, 2.45) is 5.92 Å². The zero-order valence-corrected chi connectivity index (χ0v) is 14.9. The Bertz CT molecular complexity index is 806. The van der Waals surface area contributed by atoms with E-state index in [-0.39, 0.29) is 6.03 Å². The second-order valence-electron chi connectivity index (χ2n) is 6.62. The number of nitriles is 1. The summed E-state index contributed by atoms with van der Waals surface area (Å²) in [4.78, 5) is 18.6. The molecule has 0 radical (unpaired) electrons. The van der Waals surface area contributed by atoms with Gasteiger partial charge in [0.1, 0.15) is 11.9 Å². The number of carbonyl (C=O) groups excluding carboxylic acids is 1. The molecule has 1 fully saturated rings. The molecule has 26 heavy (non-hydrogen) atoms. The van der Waals surface area contributed by atoms with E-state index in [1.807, 2.05) is 31.2 Å². The van der Waals surface area contributed by atoms with Crippen molar-refractivity contribution in [3.63, 3.8) is 0 Å². The van der Waals surface area contributed by atoms with E-state index in [1.54, 1.807) is 18.3 Å². The number of aryl methyl sites for hydroxylation is 1. The van der Waals surface area contributed by atoms with Crippen LogP contribution in [-0.2, 0) is 0 Å². The lowest BCUT2D eigenvalue weighted by atomic mass is 9.96. The van der Waals surface area contributed by atoms with Crippen LogP contribution >= 0.6 is 0 Å². The highest BCUT2D eigenvalue weighted by molar-refractivity contribution is 5.89. The molecule has 2 amide bonds. The van der Waals surface area contributed by atoms with Crippen LogP contribution in [0.3, 0.4) is 0 Å². The van der Waals surface area contributed by atoms with Gasteiger partial charge in [0.15, 0.2) is 0 Å². The highest BCUT2D eigenvalue weighted by Gasteiger charge is 2.22. The van der Waals surface area contributed by atoms with Gasteiger partial charge in [0.2, 0.25) is 0 Å². The molecule has 1 aliphatic heterocycles. The van der Waals surface area contributed by atoms with Gasteiger partial charge in [-0.25, -0.2) is 9.78 Å². The third-order valence-electron chi connectivity index (χ3n) is 4.65. The summed E-state index contributed by atoms with van der Waals surface area (Å²) in [6.45, 7) is 4.34. The molecule has 2 aromatic rings. The SMILES string of the molecule is Cc1cccc(NC(=O)NCC2CCN(c3ncccc3C#N)CC2)c1. The van der Waals surface area contributed by atoms with Crippen molar-refractivity contribution in [1.29, 1.82) is 5.26 Å². The van der Waals surface area contributed by atoms with Gasteiger partial charge in [-0.2, -0.15) is 5.26 Å². The maximum Gasteiger partial charge on any atom is 0.319 e. The summed E-state index contributed by atoms with van der Waals surface area (Å²) in [6.07, 6.45) is 3.65. The third-order valence-corrected chi connectivity index (χ3v) is 4.65. The van der Waals surface area contributed by atoms with E-state index < -0.39 is 0 Å². The first-order chi connectivity index (χ1) is 12.7. The van der Waals surface area contributed by atoms with Crippen LogP contribution in [0.2, 0.25) is 0 Å². The van der Waals surface area contributed by atoms with Crippen LogP contribution in [0.15, 0.2) is 42.6 Å². The maximum absolute atomic E-state index is 12.1. The van der Waals surface area contributed by atoms with Gasteiger partial charge in [0.25, 0.3) is 0 Å². The molecule has 3 rings (SSSR count). The molecule has 0 atom stereocenters. The molecule has 0 saturated carbocycles. The second kappa shape index (κ2) is 8.34. The Morgan fingerprint density at radius 3 is 2.85 bits per heavy atom. The van der Waals surface area contributed by atoms with Gasteiger partial charge in [-0.1, -0.05) is 12.1 Å². The Hall–Kier alpha value is -3.07. The lowest BCUT2D eigenvalue weighted by molar-refractivity contribution is 0.248. The minimum Gasteiger partial charge on any atom is -0.356 e. The second-order valence-corrected chi connectivity index (χ2v) is 6.62. The average Bonchev–Trinajstić information content (AvgIpc) is 2.67. The lowest BCUT2D eigenvalue weighted by Gasteiger charge is -2.33. The summed E-state index contributed by atoms with van der Waals surface area (Å²) in [5.41, 5.74) is 2.53. The van der Waals surface area contributed by atoms with Gasteiger partial charge < -0.3 is 15.5 Å². The zero-order valence-electron chi connectivity index (χ0n) is 14.9. The molecule has 6 nitrogen and oxygen atoms in total. The van der Waals surface area contributed by atoms with Crippen LogP contribution in [0.1, 0.15) is 24.0 Å². The maximum atomic E-state index is 12.1. The topological polar surface area (TPSA) is 81.1 Å². The van der Waals surface area contributed by atoms with E-state index in [1.165, 1.54) is 0 Å². The molecule has 0 bridgehead atoms. The predicted molar refractivity (Wildman–Crippen MR) is 102 cm³/mol. The highest BCUT2D eigenvalue weighted by Crippen LogP contribution is 2.23. The number of nitrogens with one attached hydrogen (secondary N) is 2. The molecular weight excluding hydrogens is 326 g/mol. The number of piperidine rings is 1. The van der Waals surface area contributed by atoms with Gasteiger partial charge >= 0.3 is 6.03 Å². The van der Waals surface area contributed by atoms with E-state index in [9.17, 15) is 10.1 Å². The Morgan fingerprint density at radius 1 is 1.31 bits per heavy atom. The molecule has 0 unspecified atom stereocenters. The van der Waals surface area contributed by atoms with Crippen molar-refractivity contribution in [1.82, 2.24) is 10.3 Å². The lowest BCUT2D eigenvalue weighted by Crippen LogP contribution is -2.40. The van der Waals surface area contributed by atoms with Gasteiger partial charge in [-0.3, -0.25) is 0 Å². The molecular formula is C20H23N5O. The molecule has 134 valence electrons. The Kier molecular flexibility index (Phi) is 5.69. The smallest absolute Gasteiger partial charge is 0.319 e. The third kappa shape index (κ3) is 4.51. The predicted octanol–water partition coefficient (Wildman–Crippen LogP) is 3.30. The molecule has 1 aromatic heterocycles.